The summed E-state index contributed by atoms with van der Waals surface area (Å²) in [5.74, 6) is 2.54. The smallest absolute Gasteiger partial charge is 0.253 e. The Labute approximate surface area is 169 Å². The van der Waals surface area contributed by atoms with Gasteiger partial charge in [-0.3, -0.25) is 4.79 Å². The van der Waals surface area contributed by atoms with Crippen LogP contribution in [0, 0.1) is 0 Å². The summed E-state index contributed by atoms with van der Waals surface area (Å²) in [7, 11) is 3.14. The molecule has 3 aromatic rings. The van der Waals surface area contributed by atoms with Crippen LogP contribution in [0.15, 0.2) is 53.1 Å². The maximum atomic E-state index is 12.9. The van der Waals surface area contributed by atoms with Crippen LogP contribution in [0.1, 0.15) is 35.0 Å². The van der Waals surface area contributed by atoms with Crippen molar-refractivity contribution >= 4 is 5.91 Å². The fraction of sp³-hybridized carbons (Fsp3) is 0.318. The number of nitrogens with zero attached hydrogens (tertiary/aromatic N) is 3. The molecule has 0 unspecified atom stereocenters. The van der Waals surface area contributed by atoms with Gasteiger partial charge in [0, 0.05) is 30.1 Å². The van der Waals surface area contributed by atoms with Crippen molar-refractivity contribution in [3.05, 3.63) is 60.0 Å². The van der Waals surface area contributed by atoms with Crippen LogP contribution >= 0.6 is 0 Å². The first kappa shape index (κ1) is 19.0. The number of amides is 1. The van der Waals surface area contributed by atoms with E-state index < -0.39 is 0 Å². The third-order valence-corrected chi connectivity index (χ3v) is 5.24. The molecule has 2 heterocycles. The largest absolute Gasteiger partial charge is 0.493 e. The number of piperidine rings is 1. The molecule has 1 saturated heterocycles. The topological polar surface area (TPSA) is 77.7 Å². The number of hydrogen-bond donors (Lipinski definition) is 0. The van der Waals surface area contributed by atoms with Crippen LogP contribution in [0.2, 0.25) is 0 Å². The summed E-state index contributed by atoms with van der Waals surface area (Å²) in [6, 6.07) is 15.0. The number of carbonyl (C=O) groups is 1. The Morgan fingerprint density at radius 3 is 2.45 bits per heavy atom. The van der Waals surface area contributed by atoms with Crippen molar-refractivity contribution in [2.45, 2.75) is 18.8 Å². The Hall–Kier alpha value is -3.35. The van der Waals surface area contributed by atoms with Crippen LogP contribution in [0.25, 0.3) is 11.4 Å². The molecule has 1 aromatic heterocycles. The minimum absolute atomic E-state index is 0.0140. The highest BCUT2D eigenvalue weighted by Crippen LogP contribution is 2.31. The first-order valence-corrected chi connectivity index (χ1v) is 9.60. The predicted molar refractivity (Wildman–Crippen MR) is 107 cm³/mol. The molecule has 0 bridgehead atoms. The standard InChI is InChI=1S/C22H23N3O4/c1-27-18-9-8-17(14-19(18)28-2)22(26)25-12-10-16(11-13-25)21-23-20(24-29-21)15-6-4-3-5-7-15/h3-9,14,16H,10-13H2,1-2H3. The predicted octanol–water partition coefficient (Wildman–Crippen LogP) is 3.77. The lowest BCUT2D eigenvalue weighted by atomic mass is 9.96. The van der Waals surface area contributed by atoms with Gasteiger partial charge in [0.1, 0.15) is 0 Å². The van der Waals surface area contributed by atoms with E-state index in [0.29, 0.717) is 41.9 Å². The van der Waals surface area contributed by atoms with Crippen molar-refractivity contribution in [2.75, 3.05) is 27.3 Å². The van der Waals surface area contributed by atoms with E-state index in [1.54, 1.807) is 32.4 Å². The summed E-state index contributed by atoms with van der Waals surface area (Å²) < 4.78 is 16.0. The zero-order valence-corrected chi connectivity index (χ0v) is 16.5. The number of rotatable bonds is 5. The number of benzene rings is 2. The molecular formula is C22H23N3O4. The zero-order chi connectivity index (χ0) is 20.2. The zero-order valence-electron chi connectivity index (χ0n) is 16.5. The van der Waals surface area contributed by atoms with Gasteiger partial charge in [0.2, 0.25) is 11.7 Å². The van der Waals surface area contributed by atoms with E-state index in [0.717, 1.165) is 18.4 Å². The van der Waals surface area contributed by atoms with Crippen molar-refractivity contribution < 1.29 is 18.8 Å². The molecule has 0 N–H and O–H groups in total. The molecule has 1 aliphatic heterocycles. The van der Waals surface area contributed by atoms with Gasteiger partial charge in [0.05, 0.1) is 14.2 Å². The SMILES string of the molecule is COc1ccc(C(=O)N2CCC(c3nc(-c4ccccc4)no3)CC2)cc1OC. The Kier molecular flexibility index (Phi) is 5.46. The monoisotopic (exact) mass is 393 g/mol. The summed E-state index contributed by atoms with van der Waals surface area (Å²) >= 11 is 0. The van der Waals surface area contributed by atoms with Gasteiger partial charge >= 0.3 is 0 Å². The van der Waals surface area contributed by atoms with E-state index in [4.69, 9.17) is 14.0 Å². The van der Waals surface area contributed by atoms with Crippen molar-refractivity contribution in [3.8, 4) is 22.9 Å². The Morgan fingerprint density at radius 2 is 1.76 bits per heavy atom. The fourth-order valence-electron chi connectivity index (χ4n) is 3.59. The Balaban J connectivity index is 1.41. The van der Waals surface area contributed by atoms with Gasteiger partial charge in [0.25, 0.3) is 5.91 Å². The molecular weight excluding hydrogens is 370 g/mol. The Morgan fingerprint density at radius 1 is 1.03 bits per heavy atom. The fourth-order valence-corrected chi connectivity index (χ4v) is 3.59. The third kappa shape index (κ3) is 3.94. The quantitative estimate of drug-likeness (QED) is 0.657. The van der Waals surface area contributed by atoms with Crippen molar-refractivity contribution in [1.29, 1.82) is 0 Å². The number of aromatic nitrogens is 2. The molecule has 1 aliphatic rings. The van der Waals surface area contributed by atoms with Crippen LogP contribution in [0.3, 0.4) is 0 Å². The van der Waals surface area contributed by atoms with Crippen LogP contribution in [-0.2, 0) is 0 Å². The summed E-state index contributed by atoms with van der Waals surface area (Å²) in [6.07, 6.45) is 1.57. The van der Waals surface area contributed by atoms with Crippen LogP contribution in [0.5, 0.6) is 11.5 Å². The average Bonchev–Trinajstić information content (AvgIpc) is 3.29. The summed E-state index contributed by atoms with van der Waals surface area (Å²) in [4.78, 5) is 19.3. The van der Waals surface area contributed by atoms with Crippen molar-refractivity contribution in [2.24, 2.45) is 0 Å². The lowest BCUT2D eigenvalue weighted by molar-refractivity contribution is 0.0704. The maximum Gasteiger partial charge on any atom is 0.253 e. The number of methoxy groups -OCH3 is 2. The number of likely N-dealkylation sites (tertiary alicyclic amines) is 1. The van der Waals surface area contributed by atoms with Gasteiger partial charge in [0.15, 0.2) is 11.5 Å². The lowest BCUT2D eigenvalue weighted by Crippen LogP contribution is -2.38. The highest BCUT2D eigenvalue weighted by molar-refractivity contribution is 5.95. The average molecular weight is 393 g/mol. The second-order valence-corrected chi connectivity index (χ2v) is 6.96. The molecule has 150 valence electrons. The van der Waals surface area contributed by atoms with Gasteiger partial charge in [-0.15, -0.1) is 0 Å². The van der Waals surface area contributed by atoms with E-state index in [1.807, 2.05) is 35.2 Å². The molecule has 2 aromatic carbocycles. The molecule has 7 heteroatoms. The number of hydrogen-bond acceptors (Lipinski definition) is 6. The molecule has 7 nitrogen and oxygen atoms in total. The Bertz CT molecular complexity index is 979. The van der Waals surface area contributed by atoms with Gasteiger partial charge in [-0.2, -0.15) is 4.98 Å². The van der Waals surface area contributed by atoms with Gasteiger partial charge in [-0.1, -0.05) is 35.5 Å². The van der Waals surface area contributed by atoms with Crippen molar-refractivity contribution in [1.82, 2.24) is 15.0 Å². The van der Waals surface area contributed by atoms with Crippen LogP contribution < -0.4 is 9.47 Å². The number of carbonyl (C=O) groups excluding carboxylic acids is 1. The lowest BCUT2D eigenvalue weighted by Gasteiger charge is -2.30. The second kappa shape index (κ2) is 8.34. The third-order valence-electron chi connectivity index (χ3n) is 5.24. The molecule has 0 radical (unpaired) electrons. The second-order valence-electron chi connectivity index (χ2n) is 6.96. The molecule has 4 rings (SSSR count). The van der Waals surface area contributed by atoms with Crippen LogP contribution in [-0.4, -0.2) is 48.3 Å². The molecule has 0 spiro atoms. The molecule has 0 atom stereocenters. The number of ether oxygens (including phenoxy) is 2. The molecule has 1 fully saturated rings. The maximum absolute atomic E-state index is 12.9. The first-order valence-electron chi connectivity index (χ1n) is 9.60. The van der Waals surface area contributed by atoms with E-state index in [9.17, 15) is 4.79 Å². The normalized spacial score (nSPS) is 14.6. The van der Waals surface area contributed by atoms with E-state index in [2.05, 4.69) is 10.1 Å². The van der Waals surface area contributed by atoms with Gasteiger partial charge < -0.3 is 18.9 Å². The first-order chi connectivity index (χ1) is 14.2. The molecule has 0 saturated carbocycles. The van der Waals surface area contributed by atoms with Crippen molar-refractivity contribution in [3.63, 3.8) is 0 Å². The molecule has 1 amide bonds. The van der Waals surface area contributed by atoms with Gasteiger partial charge in [-0.25, -0.2) is 0 Å². The summed E-state index contributed by atoms with van der Waals surface area (Å²) in [5.41, 5.74) is 1.52. The van der Waals surface area contributed by atoms with E-state index in [-0.39, 0.29) is 11.8 Å². The molecule has 0 aliphatic carbocycles. The van der Waals surface area contributed by atoms with E-state index in [1.165, 1.54) is 0 Å². The highest BCUT2D eigenvalue weighted by Gasteiger charge is 2.28. The van der Waals surface area contributed by atoms with Crippen LogP contribution in [0.4, 0.5) is 0 Å². The van der Waals surface area contributed by atoms with Gasteiger partial charge in [-0.05, 0) is 31.0 Å². The minimum Gasteiger partial charge on any atom is -0.493 e. The minimum atomic E-state index is -0.0140. The molecule has 29 heavy (non-hydrogen) atoms. The summed E-state index contributed by atoms with van der Waals surface area (Å²) in [6.45, 7) is 1.28. The van der Waals surface area contributed by atoms with E-state index >= 15 is 0 Å². The highest BCUT2D eigenvalue weighted by atomic mass is 16.5. The summed E-state index contributed by atoms with van der Waals surface area (Å²) in [5, 5.41) is 4.11.